The minimum absolute atomic E-state index is 0.125. The molecule has 0 radical (unpaired) electrons. The van der Waals surface area contributed by atoms with Crippen LogP contribution in [-0.2, 0) is 22.1 Å². The molecular formula is C28H34F3N3O4. The Labute approximate surface area is 220 Å². The molecule has 0 saturated heterocycles. The molecule has 3 rings (SSSR count). The van der Waals surface area contributed by atoms with E-state index in [9.17, 15) is 27.9 Å². The van der Waals surface area contributed by atoms with Crippen molar-refractivity contribution in [3.8, 4) is 0 Å². The van der Waals surface area contributed by atoms with Crippen LogP contribution in [0.25, 0.3) is 10.9 Å². The molecular weight excluding hydrogens is 499 g/mol. The van der Waals surface area contributed by atoms with Crippen LogP contribution >= 0.6 is 0 Å². The minimum Gasteiger partial charge on any atom is -0.481 e. The van der Waals surface area contributed by atoms with Gasteiger partial charge in [-0.15, -0.1) is 0 Å². The van der Waals surface area contributed by atoms with E-state index in [1.54, 1.807) is 27.7 Å². The summed E-state index contributed by atoms with van der Waals surface area (Å²) in [5, 5.41) is 13.7. The van der Waals surface area contributed by atoms with Crippen molar-refractivity contribution in [3.63, 3.8) is 0 Å². The fourth-order valence-corrected chi connectivity index (χ4v) is 4.28. The molecule has 3 aromatic rings. The first-order valence-electron chi connectivity index (χ1n) is 12.4. The number of ether oxygens (including phenoxy) is 1. The molecule has 0 aliphatic heterocycles. The van der Waals surface area contributed by atoms with Crippen molar-refractivity contribution >= 4 is 23.0 Å². The number of carbonyl (C=O) groups is 2. The molecule has 2 aromatic carbocycles. The molecule has 7 nitrogen and oxygen atoms in total. The first kappa shape index (κ1) is 29.0. The number of alkyl halides is 3. The van der Waals surface area contributed by atoms with Gasteiger partial charge in [0.15, 0.2) is 0 Å². The van der Waals surface area contributed by atoms with E-state index in [-0.39, 0.29) is 19.5 Å². The Morgan fingerprint density at radius 2 is 1.74 bits per heavy atom. The van der Waals surface area contributed by atoms with Gasteiger partial charge in [0.2, 0.25) is 0 Å². The lowest BCUT2D eigenvalue weighted by Gasteiger charge is -2.32. The Kier molecular flexibility index (Phi) is 9.09. The largest absolute Gasteiger partial charge is 0.481 e. The number of nitrogens with zero attached hydrogens (tertiary/aromatic N) is 1. The summed E-state index contributed by atoms with van der Waals surface area (Å²) in [5.74, 6) is -0.954. The summed E-state index contributed by atoms with van der Waals surface area (Å²) < 4.78 is 44.6. The van der Waals surface area contributed by atoms with Gasteiger partial charge in [0.25, 0.3) is 0 Å². The van der Waals surface area contributed by atoms with Crippen molar-refractivity contribution in [2.24, 2.45) is 0 Å². The van der Waals surface area contributed by atoms with Crippen LogP contribution in [0, 0.1) is 0 Å². The zero-order chi connectivity index (χ0) is 28.1. The fourth-order valence-electron chi connectivity index (χ4n) is 4.28. The van der Waals surface area contributed by atoms with Gasteiger partial charge in [-0.05, 0) is 63.4 Å². The second-order valence-corrected chi connectivity index (χ2v) is 10.3. The molecule has 2 atom stereocenters. The Bertz CT molecular complexity index is 1230. The van der Waals surface area contributed by atoms with Crippen molar-refractivity contribution < 1.29 is 32.6 Å². The number of halogens is 3. The van der Waals surface area contributed by atoms with E-state index in [4.69, 9.17) is 4.74 Å². The van der Waals surface area contributed by atoms with Gasteiger partial charge in [-0.25, -0.2) is 4.79 Å². The second-order valence-electron chi connectivity index (χ2n) is 10.3. The third kappa shape index (κ3) is 7.98. The Morgan fingerprint density at radius 3 is 2.34 bits per heavy atom. The standard InChI is InChI=1S/C28H34F3N3O4/c1-18(19-9-11-21(12-10-19)28(29,30)31)34(26(37)38-27(2,3)4)14-13-32-22(16-25(35)36)15-20-17-33-24-8-6-5-7-23(20)24/h5-12,17-18,22,32-33H,13-16H2,1-4H3,(H,35,36)/t18?,22-/m1/s1. The zero-order valence-corrected chi connectivity index (χ0v) is 21.9. The number of carboxylic acids is 1. The topological polar surface area (TPSA) is 94.7 Å². The molecule has 0 bridgehead atoms. The summed E-state index contributed by atoms with van der Waals surface area (Å²) >= 11 is 0. The molecule has 1 unspecified atom stereocenters. The molecule has 0 aliphatic carbocycles. The summed E-state index contributed by atoms with van der Waals surface area (Å²) in [5.41, 5.74) is 0.904. The Morgan fingerprint density at radius 1 is 1.08 bits per heavy atom. The third-order valence-electron chi connectivity index (χ3n) is 6.16. The van der Waals surface area contributed by atoms with Gasteiger partial charge < -0.3 is 25.0 Å². The lowest BCUT2D eigenvalue weighted by Crippen LogP contribution is -2.44. The SMILES string of the molecule is CC(c1ccc(C(F)(F)F)cc1)N(CCN[C@@H](CC(=O)O)Cc1c[nH]c2ccccc12)C(=O)OC(C)(C)C. The number of carbonyl (C=O) groups excluding carboxylic acids is 1. The van der Waals surface area contributed by atoms with Crippen molar-refractivity contribution in [1.29, 1.82) is 0 Å². The van der Waals surface area contributed by atoms with E-state index >= 15 is 0 Å². The summed E-state index contributed by atoms with van der Waals surface area (Å²) in [4.78, 5) is 29.2. The van der Waals surface area contributed by atoms with E-state index in [1.165, 1.54) is 17.0 Å². The number of hydrogen-bond acceptors (Lipinski definition) is 4. The lowest BCUT2D eigenvalue weighted by molar-refractivity contribution is -0.138. The van der Waals surface area contributed by atoms with Crippen molar-refractivity contribution in [1.82, 2.24) is 15.2 Å². The first-order valence-corrected chi connectivity index (χ1v) is 12.4. The molecule has 0 fully saturated rings. The highest BCUT2D eigenvalue weighted by molar-refractivity contribution is 5.83. The van der Waals surface area contributed by atoms with E-state index in [2.05, 4.69) is 10.3 Å². The number of H-pyrrole nitrogens is 1. The molecule has 206 valence electrons. The Hall–Kier alpha value is -3.53. The molecule has 10 heteroatoms. The van der Waals surface area contributed by atoms with Crippen LogP contribution in [-0.4, -0.2) is 51.8 Å². The molecule has 38 heavy (non-hydrogen) atoms. The normalized spacial score (nSPS) is 13.8. The number of hydrogen-bond donors (Lipinski definition) is 3. The number of rotatable bonds is 10. The van der Waals surface area contributed by atoms with Crippen molar-refractivity contribution in [2.45, 2.75) is 64.4 Å². The highest BCUT2D eigenvalue weighted by Gasteiger charge is 2.31. The van der Waals surface area contributed by atoms with Crippen LogP contribution in [0.3, 0.4) is 0 Å². The number of nitrogens with one attached hydrogen (secondary N) is 2. The average Bonchev–Trinajstić information content (AvgIpc) is 3.22. The number of amides is 1. The number of aliphatic carboxylic acids is 1. The fraction of sp³-hybridized carbons (Fsp3) is 0.429. The second kappa shape index (κ2) is 11.9. The Balaban J connectivity index is 1.75. The quantitative estimate of drug-likeness (QED) is 0.290. The van der Waals surface area contributed by atoms with Crippen LogP contribution in [0.4, 0.5) is 18.0 Å². The van der Waals surface area contributed by atoms with Crippen molar-refractivity contribution in [3.05, 3.63) is 71.4 Å². The number of benzene rings is 2. The van der Waals surface area contributed by atoms with Gasteiger partial charge in [-0.3, -0.25) is 4.79 Å². The average molecular weight is 534 g/mol. The van der Waals surface area contributed by atoms with E-state index in [1.807, 2.05) is 30.5 Å². The first-order chi connectivity index (χ1) is 17.7. The van der Waals surface area contributed by atoms with Gasteiger partial charge in [0, 0.05) is 36.2 Å². The number of carboxylic acid groups (broad SMARTS) is 1. The van der Waals surface area contributed by atoms with Gasteiger partial charge >= 0.3 is 18.2 Å². The predicted molar refractivity (Wildman–Crippen MR) is 139 cm³/mol. The van der Waals surface area contributed by atoms with E-state index < -0.39 is 41.5 Å². The lowest BCUT2D eigenvalue weighted by atomic mass is 10.0. The smallest absolute Gasteiger partial charge is 0.416 e. The molecule has 1 aromatic heterocycles. The monoisotopic (exact) mass is 533 g/mol. The number of aromatic nitrogens is 1. The van der Waals surface area contributed by atoms with E-state index in [0.717, 1.165) is 28.6 Å². The maximum absolute atomic E-state index is 13.1. The maximum Gasteiger partial charge on any atom is 0.416 e. The van der Waals surface area contributed by atoms with Gasteiger partial charge in [-0.1, -0.05) is 30.3 Å². The van der Waals surface area contributed by atoms with Crippen LogP contribution in [0.15, 0.2) is 54.7 Å². The zero-order valence-electron chi connectivity index (χ0n) is 21.9. The van der Waals surface area contributed by atoms with Gasteiger partial charge in [0.05, 0.1) is 18.0 Å². The number of aromatic amines is 1. The summed E-state index contributed by atoms with van der Waals surface area (Å²) in [6.45, 7) is 7.31. The molecule has 3 N–H and O–H groups in total. The number of para-hydroxylation sites is 1. The van der Waals surface area contributed by atoms with Crippen LogP contribution in [0.1, 0.15) is 56.8 Å². The van der Waals surface area contributed by atoms with Crippen molar-refractivity contribution in [2.75, 3.05) is 13.1 Å². The maximum atomic E-state index is 13.1. The number of fused-ring (bicyclic) bond motifs is 1. The van der Waals surface area contributed by atoms with Crippen LogP contribution < -0.4 is 5.32 Å². The molecule has 0 spiro atoms. The highest BCUT2D eigenvalue weighted by atomic mass is 19.4. The summed E-state index contributed by atoms with van der Waals surface area (Å²) in [6.07, 6.45) is -2.88. The van der Waals surface area contributed by atoms with E-state index in [0.29, 0.717) is 12.0 Å². The van der Waals surface area contributed by atoms with Crippen LogP contribution in [0.5, 0.6) is 0 Å². The minimum atomic E-state index is -4.46. The summed E-state index contributed by atoms with van der Waals surface area (Å²) in [7, 11) is 0. The molecule has 0 saturated carbocycles. The third-order valence-corrected chi connectivity index (χ3v) is 6.16. The van der Waals surface area contributed by atoms with Crippen LogP contribution in [0.2, 0.25) is 0 Å². The molecule has 1 amide bonds. The summed E-state index contributed by atoms with van der Waals surface area (Å²) in [6, 6.07) is 11.4. The molecule has 0 aliphatic rings. The molecule has 1 heterocycles. The van der Waals surface area contributed by atoms with Gasteiger partial charge in [-0.2, -0.15) is 13.2 Å². The predicted octanol–water partition coefficient (Wildman–Crippen LogP) is 6.16. The highest BCUT2D eigenvalue weighted by Crippen LogP contribution is 2.31. The van der Waals surface area contributed by atoms with Gasteiger partial charge in [0.1, 0.15) is 5.60 Å².